The molecule has 1 atom stereocenters. The van der Waals surface area contributed by atoms with Crippen molar-refractivity contribution in [3.05, 3.63) is 36.9 Å². The molecule has 0 amide bonds. The second-order valence-electron chi connectivity index (χ2n) is 4.10. The molecule has 3 heteroatoms. The van der Waals surface area contributed by atoms with Gasteiger partial charge < -0.3 is 10.1 Å². The number of benzene rings is 1. The van der Waals surface area contributed by atoms with E-state index in [1.165, 1.54) is 0 Å². The molecule has 0 saturated heterocycles. The molecule has 1 aromatic rings. The van der Waals surface area contributed by atoms with Crippen molar-refractivity contribution in [2.45, 2.75) is 25.3 Å². The van der Waals surface area contributed by atoms with Gasteiger partial charge in [-0.15, -0.1) is 6.58 Å². The van der Waals surface area contributed by atoms with Gasteiger partial charge in [0, 0.05) is 0 Å². The Morgan fingerprint density at radius 3 is 2.82 bits per heavy atom. The van der Waals surface area contributed by atoms with Crippen LogP contribution in [0.25, 0.3) is 0 Å². The number of rotatable bonds is 6. The minimum Gasteiger partial charge on any atom is -0.495 e. The van der Waals surface area contributed by atoms with E-state index in [-0.39, 0.29) is 0 Å². The normalized spacial score (nSPS) is 13.2. The molecule has 1 unspecified atom stereocenters. The van der Waals surface area contributed by atoms with Gasteiger partial charge in [0.2, 0.25) is 0 Å². The van der Waals surface area contributed by atoms with Gasteiger partial charge in [-0.2, -0.15) is 5.26 Å². The van der Waals surface area contributed by atoms with E-state index in [0.29, 0.717) is 6.42 Å². The van der Waals surface area contributed by atoms with Gasteiger partial charge in [0.05, 0.1) is 18.9 Å². The number of anilines is 1. The van der Waals surface area contributed by atoms with E-state index in [2.05, 4.69) is 18.0 Å². The van der Waals surface area contributed by atoms with Crippen LogP contribution in [0, 0.1) is 11.3 Å². The Labute approximate surface area is 103 Å². The Morgan fingerprint density at radius 2 is 2.24 bits per heavy atom. The second kappa shape index (κ2) is 5.95. The first-order chi connectivity index (χ1) is 8.15. The average molecular weight is 230 g/mol. The minimum absolute atomic E-state index is 0.608. The summed E-state index contributed by atoms with van der Waals surface area (Å²) in [6.45, 7) is 5.55. The molecule has 0 aliphatic heterocycles. The van der Waals surface area contributed by atoms with Gasteiger partial charge >= 0.3 is 0 Å². The van der Waals surface area contributed by atoms with Crippen molar-refractivity contribution in [1.82, 2.24) is 0 Å². The molecule has 0 aromatic heterocycles. The van der Waals surface area contributed by atoms with Crippen molar-refractivity contribution in [1.29, 1.82) is 5.26 Å². The molecule has 0 aliphatic carbocycles. The number of para-hydroxylation sites is 2. The van der Waals surface area contributed by atoms with E-state index >= 15 is 0 Å². The van der Waals surface area contributed by atoms with Gasteiger partial charge in [-0.05, 0) is 31.9 Å². The summed E-state index contributed by atoms with van der Waals surface area (Å²) in [6.07, 6.45) is 3.33. The quantitative estimate of drug-likeness (QED) is 0.762. The Balaban J connectivity index is 2.87. The van der Waals surface area contributed by atoms with E-state index in [4.69, 9.17) is 4.74 Å². The molecule has 17 heavy (non-hydrogen) atoms. The highest BCUT2D eigenvalue weighted by Crippen LogP contribution is 2.28. The Bertz CT molecular complexity index is 422. The molecule has 0 radical (unpaired) electrons. The SMILES string of the molecule is C=CCCC(C)(C#N)Nc1ccccc1OC. The molecule has 0 aliphatic rings. The third-order valence-electron chi connectivity index (χ3n) is 2.61. The maximum absolute atomic E-state index is 9.25. The van der Waals surface area contributed by atoms with Crippen LogP contribution in [0.15, 0.2) is 36.9 Å². The summed E-state index contributed by atoms with van der Waals surface area (Å²) >= 11 is 0. The van der Waals surface area contributed by atoms with Crippen LogP contribution in [-0.4, -0.2) is 12.6 Å². The highest BCUT2D eigenvalue weighted by atomic mass is 16.5. The standard InChI is InChI=1S/C14H18N2O/c1-4-5-10-14(2,11-15)16-12-8-6-7-9-13(12)17-3/h4,6-9,16H,1,5,10H2,2-3H3. The minimum atomic E-state index is -0.608. The average Bonchev–Trinajstić information content (AvgIpc) is 2.37. The Morgan fingerprint density at radius 1 is 1.53 bits per heavy atom. The van der Waals surface area contributed by atoms with Crippen LogP contribution in [0.1, 0.15) is 19.8 Å². The number of nitrogens with one attached hydrogen (secondary N) is 1. The van der Waals surface area contributed by atoms with E-state index in [9.17, 15) is 5.26 Å². The van der Waals surface area contributed by atoms with Crippen molar-refractivity contribution in [2.75, 3.05) is 12.4 Å². The first-order valence-electron chi connectivity index (χ1n) is 5.58. The first-order valence-corrected chi connectivity index (χ1v) is 5.58. The number of ether oxygens (including phenoxy) is 1. The number of nitriles is 1. The lowest BCUT2D eigenvalue weighted by molar-refractivity contribution is 0.415. The lowest BCUT2D eigenvalue weighted by Crippen LogP contribution is -2.32. The van der Waals surface area contributed by atoms with Gasteiger partial charge in [0.1, 0.15) is 11.3 Å². The van der Waals surface area contributed by atoms with Crippen LogP contribution in [0.2, 0.25) is 0 Å². The molecule has 0 spiro atoms. The highest BCUT2D eigenvalue weighted by molar-refractivity contribution is 5.58. The Kier molecular flexibility index (Phi) is 4.59. The topological polar surface area (TPSA) is 45.0 Å². The van der Waals surface area contributed by atoms with Gasteiger partial charge in [-0.3, -0.25) is 0 Å². The lowest BCUT2D eigenvalue weighted by Gasteiger charge is -2.25. The maximum Gasteiger partial charge on any atom is 0.141 e. The number of nitrogens with zero attached hydrogens (tertiary/aromatic N) is 1. The highest BCUT2D eigenvalue weighted by Gasteiger charge is 2.23. The van der Waals surface area contributed by atoms with Crippen LogP contribution in [0.5, 0.6) is 5.75 Å². The smallest absolute Gasteiger partial charge is 0.141 e. The third kappa shape index (κ3) is 3.53. The van der Waals surface area contributed by atoms with E-state index in [1.54, 1.807) is 7.11 Å². The number of hydrogen-bond donors (Lipinski definition) is 1. The van der Waals surface area contributed by atoms with Gasteiger partial charge in [-0.25, -0.2) is 0 Å². The molecular formula is C14H18N2O. The molecule has 3 nitrogen and oxygen atoms in total. The van der Waals surface area contributed by atoms with Crippen LogP contribution in [0.4, 0.5) is 5.69 Å². The molecule has 0 bridgehead atoms. The van der Waals surface area contributed by atoms with E-state index in [0.717, 1.165) is 17.9 Å². The molecule has 1 rings (SSSR count). The predicted molar refractivity (Wildman–Crippen MR) is 70.1 cm³/mol. The Hall–Kier alpha value is -1.95. The zero-order valence-electron chi connectivity index (χ0n) is 10.4. The fourth-order valence-corrected chi connectivity index (χ4v) is 1.58. The molecule has 0 fully saturated rings. The van der Waals surface area contributed by atoms with Gasteiger partial charge in [-0.1, -0.05) is 18.2 Å². The summed E-state index contributed by atoms with van der Waals surface area (Å²) in [7, 11) is 1.62. The third-order valence-corrected chi connectivity index (χ3v) is 2.61. The van der Waals surface area contributed by atoms with Crippen LogP contribution in [0.3, 0.4) is 0 Å². The first kappa shape index (κ1) is 13.1. The molecule has 0 saturated carbocycles. The fourth-order valence-electron chi connectivity index (χ4n) is 1.58. The summed E-state index contributed by atoms with van der Waals surface area (Å²) in [4.78, 5) is 0. The summed E-state index contributed by atoms with van der Waals surface area (Å²) < 4.78 is 5.25. The van der Waals surface area contributed by atoms with Crippen molar-refractivity contribution in [3.8, 4) is 11.8 Å². The van der Waals surface area contributed by atoms with Gasteiger partial charge in [0.25, 0.3) is 0 Å². The maximum atomic E-state index is 9.25. The number of allylic oxidation sites excluding steroid dienone is 1. The zero-order chi connectivity index (χ0) is 12.7. The summed E-state index contributed by atoms with van der Waals surface area (Å²) in [5.41, 5.74) is 0.228. The van der Waals surface area contributed by atoms with Crippen molar-refractivity contribution in [3.63, 3.8) is 0 Å². The summed E-state index contributed by atoms with van der Waals surface area (Å²) in [5, 5.41) is 12.5. The van der Waals surface area contributed by atoms with Crippen molar-refractivity contribution in [2.24, 2.45) is 0 Å². The van der Waals surface area contributed by atoms with Crippen LogP contribution < -0.4 is 10.1 Å². The van der Waals surface area contributed by atoms with Crippen molar-refractivity contribution >= 4 is 5.69 Å². The molecule has 1 aromatic carbocycles. The number of methoxy groups -OCH3 is 1. The van der Waals surface area contributed by atoms with Gasteiger partial charge in [0.15, 0.2) is 0 Å². The summed E-state index contributed by atoms with van der Waals surface area (Å²) in [6, 6.07) is 9.89. The lowest BCUT2D eigenvalue weighted by atomic mass is 9.97. The molecule has 0 heterocycles. The number of hydrogen-bond acceptors (Lipinski definition) is 3. The van der Waals surface area contributed by atoms with Crippen LogP contribution in [-0.2, 0) is 0 Å². The zero-order valence-corrected chi connectivity index (χ0v) is 10.4. The van der Waals surface area contributed by atoms with Crippen LogP contribution >= 0.6 is 0 Å². The van der Waals surface area contributed by atoms with E-state index in [1.807, 2.05) is 37.3 Å². The van der Waals surface area contributed by atoms with Crippen molar-refractivity contribution < 1.29 is 4.74 Å². The molecule has 1 N–H and O–H groups in total. The molecular weight excluding hydrogens is 212 g/mol. The largest absolute Gasteiger partial charge is 0.495 e. The second-order valence-corrected chi connectivity index (χ2v) is 4.10. The summed E-state index contributed by atoms with van der Waals surface area (Å²) in [5.74, 6) is 0.743. The molecule has 90 valence electrons. The fraction of sp³-hybridized carbons (Fsp3) is 0.357. The monoisotopic (exact) mass is 230 g/mol. The predicted octanol–water partition coefficient (Wildman–Crippen LogP) is 3.36. The van der Waals surface area contributed by atoms with E-state index < -0.39 is 5.54 Å².